The Morgan fingerprint density at radius 2 is 1.24 bits per heavy atom. The van der Waals surface area contributed by atoms with Gasteiger partial charge in [0.05, 0.1) is 31.8 Å². The number of carbonyl (C=O) groups excluding carboxylic acids is 3. The number of rotatable bonds is 2. The molecule has 144 valence electrons. The SMILES string of the molecule is C[C@@H](O)CC(=O)O.C[C@@H]1CC(=O)O[C@H](C)CC(=O)O[C@H](C)CC(=O)O1.[H+]. The lowest BCUT2D eigenvalue weighted by Gasteiger charge is -2.20. The summed E-state index contributed by atoms with van der Waals surface area (Å²) in [5, 5.41) is 16.3. The second kappa shape index (κ2) is 11.4. The molecule has 0 spiro atoms. The van der Waals surface area contributed by atoms with E-state index in [-0.39, 0.29) is 27.1 Å². The average Bonchev–Trinajstić information content (AvgIpc) is 2.33. The molecule has 9 heteroatoms. The fourth-order valence-electron chi connectivity index (χ4n) is 1.90. The zero-order valence-electron chi connectivity index (χ0n) is 15.9. The molecule has 1 rings (SSSR count). The maximum absolute atomic E-state index is 11.4. The molecule has 0 saturated carbocycles. The number of esters is 3. The molecule has 1 heterocycles. The summed E-state index contributed by atoms with van der Waals surface area (Å²) in [7, 11) is 0. The summed E-state index contributed by atoms with van der Waals surface area (Å²) in [6.45, 7) is 6.29. The van der Waals surface area contributed by atoms with Crippen molar-refractivity contribution in [1.29, 1.82) is 0 Å². The van der Waals surface area contributed by atoms with E-state index in [9.17, 15) is 19.2 Å². The summed E-state index contributed by atoms with van der Waals surface area (Å²) in [5.41, 5.74) is 0. The summed E-state index contributed by atoms with van der Waals surface area (Å²) < 4.78 is 15.0. The van der Waals surface area contributed by atoms with E-state index in [2.05, 4.69) is 0 Å². The third-order valence-electron chi connectivity index (χ3n) is 2.83. The smallest absolute Gasteiger partial charge is 0.481 e. The van der Waals surface area contributed by atoms with Crippen LogP contribution in [0.25, 0.3) is 0 Å². The van der Waals surface area contributed by atoms with E-state index in [1.807, 2.05) is 0 Å². The Kier molecular flexibility index (Phi) is 10.4. The highest BCUT2D eigenvalue weighted by Gasteiger charge is 2.23. The van der Waals surface area contributed by atoms with Crippen molar-refractivity contribution in [3.63, 3.8) is 0 Å². The molecule has 9 nitrogen and oxygen atoms in total. The van der Waals surface area contributed by atoms with Crippen molar-refractivity contribution in [3.05, 3.63) is 0 Å². The van der Waals surface area contributed by atoms with Gasteiger partial charge in [0.2, 0.25) is 0 Å². The lowest BCUT2D eigenvalue weighted by Crippen LogP contribution is -2.29. The molecule has 1 aliphatic heterocycles. The molecule has 0 aromatic heterocycles. The summed E-state index contributed by atoms with van der Waals surface area (Å²) in [4.78, 5) is 43.9. The second-order valence-electron chi connectivity index (χ2n) is 5.96. The summed E-state index contributed by atoms with van der Waals surface area (Å²) in [5.74, 6) is -2.45. The van der Waals surface area contributed by atoms with Crippen molar-refractivity contribution in [1.82, 2.24) is 0 Å². The quantitative estimate of drug-likeness (QED) is 0.542. The van der Waals surface area contributed by atoms with Gasteiger partial charge >= 0.3 is 25.3 Å². The van der Waals surface area contributed by atoms with Crippen molar-refractivity contribution in [2.24, 2.45) is 0 Å². The van der Waals surface area contributed by atoms with Gasteiger partial charge in [-0.25, -0.2) is 0 Å². The average molecular weight is 363 g/mol. The number of ether oxygens (including phenoxy) is 3. The third kappa shape index (κ3) is 12.9. The Hall–Kier alpha value is -2.16. The number of aliphatic hydroxyl groups is 1. The van der Waals surface area contributed by atoms with Gasteiger partial charge in [-0.3, -0.25) is 19.2 Å². The van der Waals surface area contributed by atoms with E-state index in [0.29, 0.717) is 0 Å². The van der Waals surface area contributed by atoms with Crippen molar-refractivity contribution in [3.8, 4) is 0 Å². The standard InChI is InChI=1S/C12H18O6.C4H8O3/c1-7-4-10(13)17-9(3)6-12(15)18-8(2)5-11(14)16-7;1-3(5)2-4(6)7/h7-9H,4-6H2,1-3H3;3,5H,2H2,1H3,(H,6,7)/p+1/t7-,8-,9-;3-/m11/s1. The molecule has 0 aromatic rings. The highest BCUT2D eigenvalue weighted by molar-refractivity contribution is 5.75. The second-order valence-corrected chi connectivity index (χ2v) is 5.96. The van der Waals surface area contributed by atoms with E-state index in [4.69, 9.17) is 24.4 Å². The molecule has 1 aliphatic rings. The molecule has 0 aromatic carbocycles. The largest absolute Gasteiger partial charge is 1.00 e. The topological polar surface area (TPSA) is 136 Å². The van der Waals surface area contributed by atoms with Gasteiger partial charge < -0.3 is 24.4 Å². The van der Waals surface area contributed by atoms with Gasteiger partial charge in [-0.05, 0) is 27.7 Å². The Morgan fingerprint density at radius 3 is 1.40 bits per heavy atom. The maximum Gasteiger partial charge on any atom is 1.00 e. The van der Waals surface area contributed by atoms with Crippen molar-refractivity contribution < 1.29 is 45.0 Å². The van der Waals surface area contributed by atoms with Crippen LogP contribution < -0.4 is 0 Å². The van der Waals surface area contributed by atoms with Crippen LogP contribution in [0.1, 0.15) is 54.8 Å². The number of cyclic esters (lactones) is 3. The first-order chi connectivity index (χ1) is 11.5. The third-order valence-corrected chi connectivity index (χ3v) is 2.83. The Bertz CT molecular complexity index is 402. The fourth-order valence-corrected chi connectivity index (χ4v) is 1.90. The van der Waals surface area contributed by atoms with Crippen LogP contribution >= 0.6 is 0 Å². The first-order valence-corrected chi connectivity index (χ1v) is 7.97. The number of carboxylic acid groups (broad SMARTS) is 1. The van der Waals surface area contributed by atoms with Crippen LogP contribution in [0.5, 0.6) is 0 Å². The van der Waals surface area contributed by atoms with E-state index in [1.165, 1.54) is 6.92 Å². The predicted molar refractivity (Wildman–Crippen MR) is 85.6 cm³/mol. The molecule has 0 amide bonds. The molecule has 1 saturated heterocycles. The van der Waals surface area contributed by atoms with Crippen LogP contribution in [0.4, 0.5) is 0 Å². The number of carboxylic acids is 1. The number of hydrogen-bond donors (Lipinski definition) is 2. The molecule has 1 fully saturated rings. The Balaban J connectivity index is 0. The van der Waals surface area contributed by atoms with Gasteiger partial charge in [-0.2, -0.15) is 0 Å². The first-order valence-electron chi connectivity index (χ1n) is 7.97. The Morgan fingerprint density at radius 1 is 0.960 bits per heavy atom. The van der Waals surface area contributed by atoms with Gasteiger partial charge in [-0.15, -0.1) is 0 Å². The van der Waals surface area contributed by atoms with E-state index < -0.39 is 48.3 Å². The zero-order valence-corrected chi connectivity index (χ0v) is 14.9. The predicted octanol–water partition coefficient (Wildman–Crippen LogP) is 0.920. The van der Waals surface area contributed by atoms with E-state index in [1.54, 1.807) is 20.8 Å². The van der Waals surface area contributed by atoms with Crippen LogP contribution in [0.3, 0.4) is 0 Å². The van der Waals surface area contributed by atoms with Gasteiger partial charge in [0.25, 0.3) is 0 Å². The van der Waals surface area contributed by atoms with Gasteiger partial charge in [0, 0.05) is 0 Å². The molecule has 0 unspecified atom stereocenters. The lowest BCUT2D eigenvalue weighted by molar-refractivity contribution is -0.165. The highest BCUT2D eigenvalue weighted by Crippen LogP contribution is 2.11. The number of hydrogen-bond acceptors (Lipinski definition) is 8. The highest BCUT2D eigenvalue weighted by atomic mass is 16.6. The minimum Gasteiger partial charge on any atom is -0.481 e. The molecule has 0 radical (unpaired) electrons. The molecule has 4 atom stereocenters. The number of aliphatic hydroxyl groups excluding tert-OH is 1. The summed E-state index contributed by atoms with van der Waals surface area (Å²) in [6, 6.07) is 0. The lowest BCUT2D eigenvalue weighted by atomic mass is 10.2. The molecule has 2 N–H and O–H groups in total. The zero-order chi connectivity index (χ0) is 19.6. The molecule has 25 heavy (non-hydrogen) atoms. The molecule has 0 aliphatic carbocycles. The number of aliphatic carboxylic acids is 1. The minimum atomic E-state index is -0.963. The minimum absolute atomic E-state index is 0. The van der Waals surface area contributed by atoms with E-state index in [0.717, 1.165) is 0 Å². The van der Waals surface area contributed by atoms with Crippen LogP contribution in [0.2, 0.25) is 0 Å². The molecule has 0 bridgehead atoms. The van der Waals surface area contributed by atoms with Gasteiger partial charge in [-0.1, -0.05) is 0 Å². The van der Waals surface area contributed by atoms with Crippen molar-refractivity contribution in [2.45, 2.75) is 77.8 Å². The van der Waals surface area contributed by atoms with Gasteiger partial charge in [0.1, 0.15) is 18.3 Å². The summed E-state index contributed by atoms with van der Waals surface area (Å²) in [6.07, 6.45) is -2.56. The Labute approximate surface area is 147 Å². The van der Waals surface area contributed by atoms with Gasteiger partial charge in [0.15, 0.2) is 0 Å². The monoisotopic (exact) mass is 363 g/mol. The normalized spacial score (nSPS) is 26.4. The van der Waals surface area contributed by atoms with E-state index >= 15 is 0 Å². The van der Waals surface area contributed by atoms with Crippen LogP contribution in [0, 0.1) is 0 Å². The van der Waals surface area contributed by atoms with Crippen LogP contribution in [-0.4, -0.2) is 58.5 Å². The van der Waals surface area contributed by atoms with Crippen LogP contribution in [0.15, 0.2) is 0 Å². The molecular formula is C16H27O9+. The van der Waals surface area contributed by atoms with Crippen molar-refractivity contribution >= 4 is 23.9 Å². The first kappa shape index (κ1) is 22.8. The maximum atomic E-state index is 11.4. The summed E-state index contributed by atoms with van der Waals surface area (Å²) >= 11 is 0. The molecular weight excluding hydrogens is 336 g/mol. The van der Waals surface area contributed by atoms with Crippen molar-refractivity contribution in [2.75, 3.05) is 0 Å². The number of carbonyl (C=O) groups is 4. The fraction of sp³-hybridized carbons (Fsp3) is 0.750. The van der Waals surface area contributed by atoms with Crippen LogP contribution in [-0.2, 0) is 33.4 Å².